The van der Waals surface area contributed by atoms with Crippen molar-refractivity contribution in [2.75, 3.05) is 5.43 Å². The number of rotatable bonds is 4. The monoisotopic (exact) mass is 276 g/mol. The molecule has 0 aliphatic heterocycles. The van der Waals surface area contributed by atoms with Gasteiger partial charge in [-0.25, -0.2) is 10.8 Å². The van der Waals surface area contributed by atoms with Crippen molar-refractivity contribution in [2.24, 2.45) is 5.84 Å². The third-order valence-corrected chi connectivity index (χ3v) is 3.10. The molecule has 0 unspecified atom stereocenters. The second-order valence-electron chi connectivity index (χ2n) is 4.42. The zero-order valence-electron chi connectivity index (χ0n) is 10.1. The number of nitrogens with zero attached hydrogens (tertiary/aromatic N) is 2. The van der Waals surface area contributed by atoms with E-state index in [1.807, 2.05) is 0 Å². The van der Waals surface area contributed by atoms with E-state index >= 15 is 0 Å². The quantitative estimate of drug-likeness (QED) is 0.663. The van der Waals surface area contributed by atoms with E-state index in [4.69, 9.17) is 22.2 Å². The lowest BCUT2D eigenvalue weighted by Gasteiger charge is -2.08. The van der Waals surface area contributed by atoms with Crippen molar-refractivity contribution in [3.05, 3.63) is 41.2 Å². The first kappa shape index (κ1) is 12.2. The predicted octanol–water partition coefficient (Wildman–Crippen LogP) is 3.09. The number of halogens is 1. The molecule has 0 spiro atoms. The van der Waals surface area contributed by atoms with Gasteiger partial charge in [0.1, 0.15) is 17.4 Å². The third kappa shape index (κ3) is 2.94. The number of hydrazine groups is 1. The topological polar surface area (TPSA) is 73.1 Å². The molecule has 0 radical (unpaired) electrons. The van der Waals surface area contributed by atoms with Gasteiger partial charge in [0, 0.05) is 17.0 Å². The highest BCUT2D eigenvalue weighted by molar-refractivity contribution is 6.30. The van der Waals surface area contributed by atoms with Crippen molar-refractivity contribution >= 4 is 17.4 Å². The van der Waals surface area contributed by atoms with Gasteiger partial charge >= 0.3 is 0 Å². The third-order valence-electron chi connectivity index (χ3n) is 2.85. The van der Waals surface area contributed by atoms with Crippen molar-refractivity contribution < 1.29 is 4.74 Å². The van der Waals surface area contributed by atoms with Crippen molar-refractivity contribution in [3.8, 4) is 11.6 Å². The molecule has 1 aliphatic carbocycles. The molecule has 3 rings (SSSR count). The van der Waals surface area contributed by atoms with E-state index in [9.17, 15) is 0 Å². The molecule has 1 aromatic carbocycles. The normalized spacial score (nSPS) is 14.2. The molecule has 1 fully saturated rings. The summed E-state index contributed by atoms with van der Waals surface area (Å²) in [6.45, 7) is 0. The number of benzene rings is 1. The van der Waals surface area contributed by atoms with Crippen LogP contribution in [0.3, 0.4) is 0 Å². The van der Waals surface area contributed by atoms with Crippen LogP contribution in [-0.2, 0) is 0 Å². The van der Waals surface area contributed by atoms with Crippen LogP contribution in [0.1, 0.15) is 24.6 Å². The van der Waals surface area contributed by atoms with E-state index in [0.717, 1.165) is 18.7 Å². The lowest BCUT2D eigenvalue weighted by atomic mass is 10.3. The number of anilines is 1. The summed E-state index contributed by atoms with van der Waals surface area (Å²) in [5.41, 5.74) is 2.53. The van der Waals surface area contributed by atoms with Gasteiger partial charge in [0.15, 0.2) is 0 Å². The first-order valence-electron chi connectivity index (χ1n) is 6.03. The van der Waals surface area contributed by atoms with E-state index in [2.05, 4.69) is 15.4 Å². The van der Waals surface area contributed by atoms with E-state index in [1.54, 1.807) is 30.3 Å². The molecule has 0 bridgehead atoms. The van der Waals surface area contributed by atoms with Gasteiger partial charge in [0.2, 0.25) is 5.88 Å². The molecule has 1 aromatic heterocycles. The number of nitrogens with two attached hydrogens (primary N) is 1. The van der Waals surface area contributed by atoms with Gasteiger partial charge in [-0.3, -0.25) is 0 Å². The molecular weight excluding hydrogens is 264 g/mol. The molecular formula is C13H13ClN4O. The molecule has 1 aliphatic rings. The smallest absolute Gasteiger partial charge is 0.224 e. The molecule has 0 amide bonds. The van der Waals surface area contributed by atoms with Gasteiger partial charge in [-0.05, 0) is 37.1 Å². The predicted molar refractivity (Wildman–Crippen MR) is 73.3 cm³/mol. The standard InChI is InChI=1S/C13H13ClN4O/c14-9-3-5-10(6-4-9)19-12-7-11(18-15)16-13(17-12)8-1-2-8/h3-8H,1-2,15H2,(H,16,17,18). The Kier molecular flexibility index (Phi) is 3.23. The van der Waals surface area contributed by atoms with Crippen molar-refractivity contribution in [1.82, 2.24) is 9.97 Å². The number of hydrogen-bond acceptors (Lipinski definition) is 5. The zero-order valence-corrected chi connectivity index (χ0v) is 10.9. The Balaban J connectivity index is 1.86. The van der Waals surface area contributed by atoms with Gasteiger partial charge in [-0.1, -0.05) is 11.6 Å². The van der Waals surface area contributed by atoms with Gasteiger partial charge in [-0.2, -0.15) is 4.98 Å². The fourth-order valence-electron chi connectivity index (χ4n) is 1.72. The molecule has 1 heterocycles. The summed E-state index contributed by atoms with van der Waals surface area (Å²) >= 11 is 5.83. The minimum absolute atomic E-state index is 0.431. The van der Waals surface area contributed by atoms with Crippen LogP contribution in [0.2, 0.25) is 5.02 Å². The lowest BCUT2D eigenvalue weighted by Crippen LogP contribution is -2.10. The van der Waals surface area contributed by atoms with Gasteiger partial charge in [0.25, 0.3) is 0 Å². The molecule has 2 aromatic rings. The van der Waals surface area contributed by atoms with Crippen molar-refractivity contribution in [3.63, 3.8) is 0 Å². The highest BCUT2D eigenvalue weighted by Gasteiger charge is 2.27. The Morgan fingerprint density at radius 3 is 2.58 bits per heavy atom. The molecule has 1 saturated carbocycles. The van der Waals surface area contributed by atoms with Crippen LogP contribution < -0.4 is 16.0 Å². The second kappa shape index (κ2) is 5.03. The first-order chi connectivity index (χ1) is 9.24. The molecule has 6 heteroatoms. The summed E-state index contributed by atoms with van der Waals surface area (Å²) in [5.74, 6) is 8.33. The molecule has 0 saturated heterocycles. The average molecular weight is 277 g/mol. The van der Waals surface area contributed by atoms with Crippen molar-refractivity contribution in [2.45, 2.75) is 18.8 Å². The van der Waals surface area contributed by atoms with Crippen LogP contribution >= 0.6 is 11.6 Å². The first-order valence-corrected chi connectivity index (χ1v) is 6.41. The summed E-state index contributed by atoms with van der Waals surface area (Å²) < 4.78 is 5.69. The minimum atomic E-state index is 0.431. The van der Waals surface area contributed by atoms with Crippen LogP contribution in [0.15, 0.2) is 30.3 Å². The van der Waals surface area contributed by atoms with Gasteiger partial charge in [-0.15, -0.1) is 0 Å². The minimum Gasteiger partial charge on any atom is -0.439 e. The zero-order chi connectivity index (χ0) is 13.2. The fourth-order valence-corrected chi connectivity index (χ4v) is 1.84. The lowest BCUT2D eigenvalue weighted by molar-refractivity contribution is 0.459. The van der Waals surface area contributed by atoms with Crippen LogP contribution in [0.25, 0.3) is 0 Å². The number of aromatic nitrogens is 2. The summed E-state index contributed by atoms with van der Waals surface area (Å²) in [6, 6.07) is 8.78. The van der Waals surface area contributed by atoms with E-state index in [0.29, 0.717) is 28.4 Å². The largest absolute Gasteiger partial charge is 0.439 e. The van der Waals surface area contributed by atoms with Crippen LogP contribution in [0.5, 0.6) is 11.6 Å². The summed E-state index contributed by atoms with van der Waals surface area (Å²) in [7, 11) is 0. The van der Waals surface area contributed by atoms with Crippen LogP contribution in [-0.4, -0.2) is 9.97 Å². The number of nitrogen functional groups attached to an aromatic ring is 1. The second-order valence-corrected chi connectivity index (χ2v) is 4.86. The van der Waals surface area contributed by atoms with Crippen molar-refractivity contribution in [1.29, 1.82) is 0 Å². The van der Waals surface area contributed by atoms with Gasteiger partial charge < -0.3 is 10.2 Å². The molecule has 0 atom stereocenters. The average Bonchev–Trinajstić information content (AvgIpc) is 3.25. The molecule has 19 heavy (non-hydrogen) atoms. The van der Waals surface area contributed by atoms with Crippen LogP contribution in [0.4, 0.5) is 5.82 Å². The maximum atomic E-state index is 5.83. The molecule has 5 nitrogen and oxygen atoms in total. The summed E-state index contributed by atoms with van der Waals surface area (Å²) in [6.07, 6.45) is 2.24. The highest BCUT2D eigenvalue weighted by Crippen LogP contribution is 2.39. The Labute approximate surface area is 115 Å². The number of nitrogens with one attached hydrogen (secondary N) is 1. The Morgan fingerprint density at radius 2 is 1.95 bits per heavy atom. The Hall–Kier alpha value is -1.85. The number of ether oxygens (including phenoxy) is 1. The van der Waals surface area contributed by atoms with E-state index in [1.165, 1.54) is 0 Å². The maximum Gasteiger partial charge on any atom is 0.224 e. The van der Waals surface area contributed by atoms with Gasteiger partial charge in [0.05, 0.1) is 0 Å². The SMILES string of the molecule is NNc1cc(Oc2ccc(Cl)cc2)nc(C2CC2)n1. The van der Waals surface area contributed by atoms with E-state index < -0.39 is 0 Å². The summed E-state index contributed by atoms with van der Waals surface area (Å²) in [4.78, 5) is 8.72. The van der Waals surface area contributed by atoms with Crippen LogP contribution in [0, 0.1) is 0 Å². The fraction of sp³-hybridized carbons (Fsp3) is 0.231. The molecule has 3 N–H and O–H groups in total. The Bertz CT molecular complexity index is 584. The Morgan fingerprint density at radius 1 is 1.21 bits per heavy atom. The summed E-state index contributed by atoms with van der Waals surface area (Å²) in [5, 5.41) is 0.665. The highest BCUT2D eigenvalue weighted by atomic mass is 35.5. The van der Waals surface area contributed by atoms with E-state index in [-0.39, 0.29) is 0 Å². The number of hydrogen-bond donors (Lipinski definition) is 2. The molecule has 98 valence electrons. The maximum absolute atomic E-state index is 5.83.